The summed E-state index contributed by atoms with van der Waals surface area (Å²) in [5.74, 6) is 1.06. The molecule has 0 aliphatic rings. The van der Waals surface area contributed by atoms with E-state index in [-0.39, 0.29) is 35.8 Å². The van der Waals surface area contributed by atoms with Crippen LogP contribution in [0.5, 0.6) is 5.75 Å². The Balaban J connectivity index is 0.00000312. The lowest BCUT2D eigenvalue weighted by molar-refractivity contribution is 0.474. The molecular weight excluding hydrogens is 449 g/mol. The van der Waals surface area contributed by atoms with Gasteiger partial charge < -0.3 is 15.7 Å². The molecule has 0 saturated carbocycles. The van der Waals surface area contributed by atoms with E-state index < -0.39 is 0 Å². The molecule has 0 spiro atoms. The van der Waals surface area contributed by atoms with Crippen LogP contribution in [0.15, 0.2) is 53.5 Å². The van der Waals surface area contributed by atoms with E-state index in [1.54, 1.807) is 12.1 Å². The average molecular weight is 474 g/mol. The first-order valence-electron chi connectivity index (χ1n) is 8.16. The van der Waals surface area contributed by atoms with E-state index in [1.807, 2.05) is 43.3 Å². The second-order valence-corrected chi connectivity index (χ2v) is 6.04. The summed E-state index contributed by atoms with van der Waals surface area (Å²) in [6.45, 7) is 5.55. The summed E-state index contributed by atoms with van der Waals surface area (Å²) in [6, 6.07) is 15.2. The van der Waals surface area contributed by atoms with Gasteiger partial charge in [0.15, 0.2) is 5.96 Å². The Morgan fingerprint density at radius 1 is 1.20 bits per heavy atom. The topological polar surface area (TPSA) is 56.7 Å². The third-order valence-corrected chi connectivity index (χ3v) is 3.86. The average Bonchev–Trinajstić information content (AvgIpc) is 2.55. The standard InChI is InChI=1S/C19H24ClN3O.HI/c1-3-21-19(22-11-10-15-6-4-9-18(24)12-15)23-14(2)16-7-5-8-17(20)13-16;/h4-9,12-14,24H,3,10-11H2,1-2H3,(H2,21,22,23);1H. The largest absolute Gasteiger partial charge is 0.508 e. The lowest BCUT2D eigenvalue weighted by atomic mass is 10.1. The van der Waals surface area contributed by atoms with Crippen LogP contribution < -0.4 is 10.6 Å². The zero-order valence-corrected chi connectivity index (χ0v) is 17.6. The monoisotopic (exact) mass is 473 g/mol. The maximum Gasteiger partial charge on any atom is 0.191 e. The highest BCUT2D eigenvalue weighted by Crippen LogP contribution is 2.17. The first kappa shape index (κ1) is 21.6. The molecule has 136 valence electrons. The van der Waals surface area contributed by atoms with E-state index in [0.29, 0.717) is 6.54 Å². The van der Waals surface area contributed by atoms with E-state index in [0.717, 1.165) is 35.1 Å². The highest BCUT2D eigenvalue weighted by atomic mass is 127. The number of hydrogen-bond donors (Lipinski definition) is 3. The Labute approximate surface area is 171 Å². The SMILES string of the molecule is CCNC(=NCCc1cccc(O)c1)NC(C)c1cccc(Cl)c1.I. The van der Waals surface area contributed by atoms with Crippen LogP contribution in [-0.4, -0.2) is 24.2 Å². The summed E-state index contributed by atoms with van der Waals surface area (Å²) in [5.41, 5.74) is 2.18. The van der Waals surface area contributed by atoms with Crippen molar-refractivity contribution >= 4 is 41.5 Å². The number of aliphatic imine (C=N–C) groups is 1. The van der Waals surface area contributed by atoms with Crippen LogP contribution in [-0.2, 0) is 6.42 Å². The fourth-order valence-corrected chi connectivity index (χ4v) is 2.59. The number of benzene rings is 2. The van der Waals surface area contributed by atoms with Crippen molar-refractivity contribution in [3.63, 3.8) is 0 Å². The van der Waals surface area contributed by atoms with Gasteiger partial charge >= 0.3 is 0 Å². The highest BCUT2D eigenvalue weighted by Gasteiger charge is 2.08. The normalized spacial score (nSPS) is 12.2. The van der Waals surface area contributed by atoms with Crippen LogP contribution >= 0.6 is 35.6 Å². The first-order chi connectivity index (χ1) is 11.6. The van der Waals surface area contributed by atoms with Crippen molar-refractivity contribution in [1.82, 2.24) is 10.6 Å². The summed E-state index contributed by atoms with van der Waals surface area (Å²) in [7, 11) is 0. The van der Waals surface area contributed by atoms with Crippen LogP contribution in [0.3, 0.4) is 0 Å². The van der Waals surface area contributed by atoms with Crippen LogP contribution in [0.1, 0.15) is 31.0 Å². The van der Waals surface area contributed by atoms with Crippen LogP contribution in [0, 0.1) is 0 Å². The van der Waals surface area contributed by atoms with Gasteiger partial charge in [-0.15, -0.1) is 24.0 Å². The molecule has 2 rings (SSSR count). The molecule has 6 heteroatoms. The van der Waals surface area contributed by atoms with Gasteiger partial charge in [0.2, 0.25) is 0 Å². The fraction of sp³-hybridized carbons (Fsp3) is 0.316. The number of phenolic OH excluding ortho intramolecular Hbond substituents is 1. The van der Waals surface area contributed by atoms with Gasteiger partial charge in [-0.05, 0) is 55.7 Å². The van der Waals surface area contributed by atoms with Gasteiger partial charge in [0.25, 0.3) is 0 Å². The third-order valence-electron chi connectivity index (χ3n) is 3.63. The minimum atomic E-state index is 0. The van der Waals surface area contributed by atoms with E-state index >= 15 is 0 Å². The fourth-order valence-electron chi connectivity index (χ4n) is 2.39. The van der Waals surface area contributed by atoms with Crippen LogP contribution in [0.25, 0.3) is 0 Å². The van der Waals surface area contributed by atoms with Crippen LogP contribution in [0.4, 0.5) is 0 Å². The predicted octanol–water partition coefficient (Wildman–Crippen LogP) is 4.52. The molecular formula is C19H25ClIN3O. The van der Waals surface area contributed by atoms with Crippen LogP contribution in [0.2, 0.25) is 5.02 Å². The maximum absolute atomic E-state index is 9.50. The number of nitrogens with one attached hydrogen (secondary N) is 2. The number of hydrogen-bond acceptors (Lipinski definition) is 2. The van der Waals surface area contributed by atoms with Gasteiger partial charge in [0, 0.05) is 18.1 Å². The molecule has 2 aromatic rings. The first-order valence-corrected chi connectivity index (χ1v) is 8.54. The van der Waals surface area contributed by atoms with Crippen molar-refractivity contribution in [3.05, 3.63) is 64.7 Å². The van der Waals surface area contributed by atoms with E-state index in [4.69, 9.17) is 11.6 Å². The molecule has 3 N–H and O–H groups in total. The second kappa shape index (κ2) is 11.2. The molecule has 2 aromatic carbocycles. The number of nitrogens with zero attached hydrogens (tertiary/aromatic N) is 1. The minimum Gasteiger partial charge on any atom is -0.508 e. The van der Waals surface area contributed by atoms with Gasteiger partial charge in [-0.2, -0.15) is 0 Å². The minimum absolute atomic E-state index is 0. The number of rotatable bonds is 6. The van der Waals surface area contributed by atoms with Gasteiger partial charge in [-0.3, -0.25) is 4.99 Å². The molecule has 0 heterocycles. The number of guanidine groups is 1. The van der Waals surface area contributed by atoms with E-state index in [1.165, 1.54) is 0 Å². The quantitative estimate of drug-likeness (QED) is 0.328. The van der Waals surface area contributed by atoms with E-state index in [9.17, 15) is 5.11 Å². The lowest BCUT2D eigenvalue weighted by Crippen LogP contribution is -2.38. The zero-order valence-electron chi connectivity index (χ0n) is 14.5. The molecule has 0 radical (unpaired) electrons. The Bertz CT molecular complexity index is 694. The van der Waals surface area contributed by atoms with Crippen molar-refractivity contribution in [2.75, 3.05) is 13.1 Å². The Morgan fingerprint density at radius 3 is 2.64 bits per heavy atom. The van der Waals surface area contributed by atoms with Crippen molar-refractivity contribution in [1.29, 1.82) is 0 Å². The summed E-state index contributed by atoms with van der Waals surface area (Å²) in [5, 5.41) is 16.9. The van der Waals surface area contributed by atoms with Crippen molar-refractivity contribution < 1.29 is 5.11 Å². The summed E-state index contributed by atoms with van der Waals surface area (Å²) >= 11 is 6.06. The van der Waals surface area contributed by atoms with Gasteiger partial charge in [0.1, 0.15) is 5.75 Å². The van der Waals surface area contributed by atoms with Crippen molar-refractivity contribution in [2.45, 2.75) is 26.3 Å². The molecule has 4 nitrogen and oxygen atoms in total. The number of phenols is 1. The van der Waals surface area contributed by atoms with Crippen molar-refractivity contribution in [2.24, 2.45) is 4.99 Å². The zero-order chi connectivity index (χ0) is 17.4. The van der Waals surface area contributed by atoms with Gasteiger partial charge in [-0.25, -0.2) is 0 Å². The van der Waals surface area contributed by atoms with Crippen molar-refractivity contribution in [3.8, 4) is 5.75 Å². The second-order valence-electron chi connectivity index (χ2n) is 5.60. The molecule has 0 amide bonds. The van der Waals surface area contributed by atoms with Gasteiger partial charge in [-0.1, -0.05) is 35.9 Å². The third kappa shape index (κ3) is 7.52. The molecule has 0 saturated heterocycles. The number of halogens is 2. The Kier molecular flexibility index (Phi) is 9.67. The predicted molar refractivity (Wildman–Crippen MR) is 116 cm³/mol. The Morgan fingerprint density at radius 2 is 1.96 bits per heavy atom. The lowest BCUT2D eigenvalue weighted by Gasteiger charge is -2.18. The van der Waals surface area contributed by atoms with E-state index in [2.05, 4.69) is 22.5 Å². The highest BCUT2D eigenvalue weighted by molar-refractivity contribution is 14.0. The molecule has 0 aliphatic heterocycles. The molecule has 0 aromatic heterocycles. The molecule has 1 atom stereocenters. The van der Waals surface area contributed by atoms with Gasteiger partial charge in [0.05, 0.1) is 6.04 Å². The molecule has 0 aliphatic carbocycles. The molecule has 25 heavy (non-hydrogen) atoms. The Hall–Kier alpha value is -1.47. The summed E-state index contributed by atoms with van der Waals surface area (Å²) < 4.78 is 0. The maximum atomic E-state index is 9.50. The number of aromatic hydroxyl groups is 1. The molecule has 0 bridgehead atoms. The summed E-state index contributed by atoms with van der Waals surface area (Å²) in [4.78, 5) is 4.61. The summed E-state index contributed by atoms with van der Waals surface area (Å²) in [6.07, 6.45) is 0.774. The smallest absolute Gasteiger partial charge is 0.191 e. The molecule has 0 fully saturated rings. The molecule has 1 unspecified atom stereocenters.